The fraction of sp³-hybridized carbons (Fsp3) is 0.333. The second-order valence-electron chi connectivity index (χ2n) is 3.15. The van der Waals surface area contributed by atoms with Gasteiger partial charge in [0, 0.05) is 0 Å². The average molecular weight is 247 g/mol. The Bertz CT molecular complexity index is 416. The summed E-state index contributed by atoms with van der Waals surface area (Å²) < 4.78 is 21.0. The Morgan fingerprint density at radius 2 is 1.81 bits per heavy atom. The number of hydrogen-bond donors (Lipinski definition) is 3. The molecule has 0 aliphatic rings. The van der Waals surface area contributed by atoms with Gasteiger partial charge in [0.25, 0.3) is 0 Å². The topological polar surface area (TPSA) is 102 Å². The molecule has 0 heterocycles. The molecule has 0 spiro atoms. The Kier molecular flexibility index (Phi) is 3.93. The van der Waals surface area contributed by atoms with E-state index in [-0.39, 0.29) is 0 Å². The lowest BCUT2D eigenvalue weighted by molar-refractivity contribution is 0.351. The Hall–Kier alpha value is -1.07. The highest BCUT2D eigenvalue weighted by Crippen LogP contribution is 2.49. The standard InChI is InChI=1S/C9H14NO5P/c1-14-7-4-3-6(5-8(7)15-2)9(10)16(11,12)13/h3-5,9H,10H2,1-2H3,(H2,11,12,13)/t9-/m0/s1. The van der Waals surface area contributed by atoms with Crippen LogP contribution in [0.25, 0.3) is 0 Å². The molecule has 0 saturated carbocycles. The third-order valence-corrected chi connectivity index (χ3v) is 3.13. The van der Waals surface area contributed by atoms with Gasteiger partial charge >= 0.3 is 7.60 Å². The number of ether oxygens (including phenoxy) is 2. The highest BCUT2D eigenvalue weighted by atomic mass is 31.2. The van der Waals surface area contributed by atoms with Crippen molar-refractivity contribution >= 4 is 7.60 Å². The largest absolute Gasteiger partial charge is 0.493 e. The van der Waals surface area contributed by atoms with Crippen molar-refractivity contribution in [3.05, 3.63) is 23.8 Å². The van der Waals surface area contributed by atoms with Crippen molar-refractivity contribution in [1.82, 2.24) is 0 Å². The van der Waals surface area contributed by atoms with Crippen LogP contribution in [0.15, 0.2) is 18.2 Å². The highest BCUT2D eigenvalue weighted by Gasteiger charge is 2.27. The summed E-state index contributed by atoms with van der Waals surface area (Å²) in [5.41, 5.74) is 5.72. The molecule has 0 aromatic heterocycles. The molecule has 1 atom stereocenters. The molecule has 0 aliphatic carbocycles. The van der Waals surface area contributed by atoms with Crippen LogP contribution in [-0.4, -0.2) is 24.0 Å². The molecule has 0 fully saturated rings. The summed E-state index contributed by atoms with van der Waals surface area (Å²) in [5.74, 6) is -0.500. The second-order valence-corrected chi connectivity index (χ2v) is 4.88. The van der Waals surface area contributed by atoms with Crippen LogP contribution in [0.2, 0.25) is 0 Å². The van der Waals surface area contributed by atoms with E-state index in [0.29, 0.717) is 17.1 Å². The van der Waals surface area contributed by atoms with Gasteiger partial charge in [-0.2, -0.15) is 0 Å². The van der Waals surface area contributed by atoms with E-state index in [1.165, 1.54) is 26.4 Å². The van der Waals surface area contributed by atoms with Crippen molar-refractivity contribution in [2.24, 2.45) is 5.73 Å². The lowest BCUT2D eigenvalue weighted by Crippen LogP contribution is -2.10. The summed E-state index contributed by atoms with van der Waals surface area (Å²) in [7, 11) is -1.44. The van der Waals surface area contributed by atoms with Gasteiger partial charge in [0.05, 0.1) is 14.2 Å². The third-order valence-electron chi connectivity index (χ3n) is 2.11. The summed E-state index contributed by atoms with van der Waals surface area (Å²) in [6, 6.07) is 4.48. The zero-order valence-corrected chi connectivity index (χ0v) is 9.85. The Balaban J connectivity index is 3.13. The zero-order valence-electron chi connectivity index (χ0n) is 8.95. The number of rotatable bonds is 4. The van der Waals surface area contributed by atoms with Crippen molar-refractivity contribution in [3.63, 3.8) is 0 Å². The van der Waals surface area contributed by atoms with E-state index in [1.54, 1.807) is 6.07 Å². The smallest absolute Gasteiger partial charge is 0.346 e. The minimum Gasteiger partial charge on any atom is -0.493 e. The van der Waals surface area contributed by atoms with E-state index in [1.807, 2.05) is 0 Å². The predicted octanol–water partition coefficient (Wildman–Crippen LogP) is 0.839. The van der Waals surface area contributed by atoms with Gasteiger partial charge in [0.1, 0.15) is 5.78 Å². The summed E-state index contributed by atoms with van der Waals surface area (Å²) in [6.45, 7) is 0. The van der Waals surface area contributed by atoms with E-state index in [9.17, 15) is 4.57 Å². The van der Waals surface area contributed by atoms with E-state index >= 15 is 0 Å². The lowest BCUT2D eigenvalue weighted by atomic mass is 10.2. The van der Waals surface area contributed by atoms with Crippen LogP contribution >= 0.6 is 7.60 Å². The van der Waals surface area contributed by atoms with E-state index in [4.69, 9.17) is 25.0 Å². The first-order valence-electron chi connectivity index (χ1n) is 4.43. The molecule has 4 N–H and O–H groups in total. The van der Waals surface area contributed by atoms with Crippen molar-refractivity contribution in [1.29, 1.82) is 0 Å². The molecule has 1 aromatic rings. The van der Waals surface area contributed by atoms with Crippen molar-refractivity contribution in [2.45, 2.75) is 5.78 Å². The van der Waals surface area contributed by atoms with Crippen molar-refractivity contribution in [2.75, 3.05) is 14.2 Å². The van der Waals surface area contributed by atoms with Crippen LogP contribution in [0.3, 0.4) is 0 Å². The normalized spacial score (nSPS) is 13.3. The van der Waals surface area contributed by atoms with Crippen molar-refractivity contribution < 1.29 is 23.8 Å². The molecule has 1 aromatic carbocycles. The Labute approximate surface area is 93.1 Å². The first-order chi connectivity index (χ1) is 7.40. The number of methoxy groups -OCH3 is 2. The monoisotopic (exact) mass is 247 g/mol. The summed E-state index contributed by atoms with van der Waals surface area (Å²) in [6.07, 6.45) is 0. The van der Waals surface area contributed by atoms with Gasteiger partial charge in [-0.15, -0.1) is 0 Å². The summed E-state index contributed by atoms with van der Waals surface area (Å²) in [5, 5.41) is 0. The first-order valence-corrected chi connectivity index (χ1v) is 6.11. The number of hydrogen-bond acceptors (Lipinski definition) is 4. The molecular formula is C9H14NO5P. The van der Waals surface area contributed by atoms with E-state index < -0.39 is 13.4 Å². The lowest BCUT2D eigenvalue weighted by Gasteiger charge is -2.15. The van der Waals surface area contributed by atoms with Gasteiger partial charge in [0.15, 0.2) is 11.5 Å². The predicted molar refractivity (Wildman–Crippen MR) is 58.5 cm³/mol. The molecule has 16 heavy (non-hydrogen) atoms. The van der Waals surface area contributed by atoms with Gasteiger partial charge in [-0.25, -0.2) is 0 Å². The summed E-state index contributed by atoms with van der Waals surface area (Å²) in [4.78, 5) is 17.9. The van der Waals surface area contributed by atoms with E-state index in [0.717, 1.165) is 0 Å². The van der Waals surface area contributed by atoms with Crippen LogP contribution in [0.4, 0.5) is 0 Å². The Morgan fingerprint density at radius 1 is 1.25 bits per heavy atom. The maximum Gasteiger partial charge on any atom is 0.346 e. The van der Waals surface area contributed by atoms with Crippen LogP contribution in [-0.2, 0) is 4.57 Å². The van der Waals surface area contributed by atoms with Gasteiger partial charge in [-0.05, 0) is 17.7 Å². The van der Waals surface area contributed by atoms with Crippen LogP contribution in [0.1, 0.15) is 11.3 Å². The van der Waals surface area contributed by atoms with Crippen LogP contribution in [0, 0.1) is 0 Å². The van der Waals surface area contributed by atoms with Crippen molar-refractivity contribution in [3.8, 4) is 11.5 Å². The van der Waals surface area contributed by atoms with Crippen LogP contribution < -0.4 is 15.2 Å². The number of nitrogens with two attached hydrogens (primary N) is 1. The maximum absolute atomic E-state index is 11.0. The minimum atomic E-state index is -4.35. The fourth-order valence-corrected chi connectivity index (χ4v) is 1.78. The molecule has 7 heteroatoms. The van der Waals surface area contributed by atoms with Gasteiger partial charge in [0.2, 0.25) is 0 Å². The van der Waals surface area contributed by atoms with Crippen LogP contribution in [0.5, 0.6) is 11.5 Å². The second kappa shape index (κ2) is 4.84. The fourth-order valence-electron chi connectivity index (χ4n) is 1.23. The molecule has 0 unspecified atom stereocenters. The zero-order chi connectivity index (χ0) is 12.3. The third kappa shape index (κ3) is 2.74. The molecule has 0 saturated heterocycles. The molecule has 0 aliphatic heterocycles. The maximum atomic E-state index is 11.0. The summed E-state index contributed by atoms with van der Waals surface area (Å²) >= 11 is 0. The molecule has 1 rings (SSSR count). The molecule has 6 nitrogen and oxygen atoms in total. The van der Waals surface area contributed by atoms with E-state index in [2.05, 4.69) is 0 Å². The van der Waals surface area contributed by atoms with Gasteiger partial charge in [-0.1, -0.05) is 6.07 Å². The quantitative estimate of drug-likeness (QED) is 0.681. The highest BCUT2D eigenvalue weighted by molar-refractivity contribution is 7.52. The average Bonchev–Trinajstić information content (AvgIpc) is 2.25. The minimum absolute atomic E-state index is 0.297. The van der Waals surface area contributed by atoms with Gasteiger partial charge in [-0.3, -0.25) is 4.57 Å². The molecular weight excluding hydrogens is 233 g/mol. The molecule has 0 amide bonds. The van der Waals surface area contributed by atoms with Gasteiger partial charge < -0.3 is 25.0 Å². The SMILES string of the molecule is COc1ccc([C@@H](N)P(=O)(O)O)cc1OC. The molecule has 0 bridgehead atoms. The molecule has 0 radical (unpaired) electrons. The Morgan fingerprint density at radius 3 is 2.25 bits per heavy atom. The first kappa shape index (κ1) is 13.0. The molecule has 90 valence electrons. The number of benzene rings is 1.